The molecule has 2 aromatic heterocycles. The number of hydrogen-bond acceptors (Lipinski definition) is 5. The van der Waals surface area contributed by atoms with Crippen LogP contribution in [0.1, 0.15) is 16.1 Å². The summed E-state index contributed by atoms with van der Waals surface area (Å²) in [6, 6.07) is 6.56. The Labute approximate surface area is 118 Å². The van der Waals surface area contributed by atoms with Crippen molar-refractivity contribution in [2.24, 2.45) is 0 Å². The lowest BCUT2D eigenvalue weighted by atomic mass is 10.1. The molecule has 0 bridgehead atoms. The highest BCUT2D eigenvalue weighted by Crippen LogP contribution is 2.26. The zero-order valence-corrected chi connectivity index (χ0v) is 10.8. The number of ether oxygens (including phenoxy) is 1. The van der Waals surface area contributed by atoms with Crippen molar-refractivity contribution in [3.05, 3.63) is 48.0 Å². The minimum absolute atomic E-state index is 0.175. The lowest BCUT2D eigenvalue weighted by Gasteiger charge is -2.05. The van der Waals surface area contributed by atoms with Crippen LogP contribution in [0.4, 0.5) is 0 Å². The maximum absolute atomic E-state index is 11.1. The maximum Gasteiger partial charge on any atom is 0.337 e. The fraction of sp³-hybridized carbons (Fsp3) is 0.0714. The third kappa shape index (κ3) is 2.54. The Balaban J connectivity index is 1.96. The topological polar surface area (TPSA) is 108 Å². The van der Waals surface area contributed by atoms with Crippen LogP contribution in [0.15, 0.2) is 36.8 Å². The van der Waals surface area contributed by atoms with Crippen LogP contribution in [-0.4, -0.2) is 31.1 Å². The molecule has 0 spiro atoms. The molecule has 0 aliphatic carbocycles. The Morgan fingerprint density at radius 3 is 2.90 bits per heavy atom. The monoisotopic (exact) mass is 285 g/mol. The number of benzene rings is 1. The highest BCUT2D eigenvalue weighted by molar-refractivity contribution is 6.03. The number of carboxylic acid groups (broad SMARTS) is 1. The fourth-order valence-corrected chi connectivity index (χ4v) is 1.98. The lowest BCUT2D eigenvalue weighted by molar-refractivity contribution is 0.0699. The highest BCUT2D eigenvalue weighted by Gasteiger charge is 2.11. The summed E-state index contributed by atoms with van der Waals surface area (Å²) < 4.78 is 5.56. The van der Waals surface area contributed by atoms with E-state index >= 15 is 0 Å². The van der Waals surface area contributed by atoms with Gasteiger partial charge in [-0.1, -0.05) is 0 Å². The van der Waals surface area contributed by atoms with Gasteiger partial charge in [0.25, 0.3) is 0 Å². The minimum Gasteiger partial charge on any atom is -0.478 e. The van der Waals surface area contributed by atoms with Crippen molar-refractivity contribution >= 4 is 16.9 Å². The van der Waals surface area contributed by atoms with Gasteiger partial charge in [-0.25, -0.2) is 14.8 Å². The molecule has 7 heteroatoms. The quantitative estimate of drug-likeness (QED) is 0.676. The van der Waals surface area contributed by atoms with E-state index in [1.165, 1.54) is 18.6 Å². The lowest BCUT2D eigenvalue weighted by Crippen LogP contribution is -1.95. The first-order valence-electron chi connectivity index (χ1n) is 6.11. The summed E-state index contributed by atoms with van der Waals surface area (Å²) in [6.45, 7) is -0.209. The molecule has 0 fully saturated rings. The SMILES string of the molecule is O=C(O)c1c[nH]c2ccc(Oc3cc(CO)ncn3)cc12. The van der Waals surface area contributed by atoms with Crippen molar-refractivity contribution in [3.63, 3.8) is 0 Å². The van der Waals surface area contributed by atoms with Gasteiger partial charge in [-0.15, -0.1) is 0 Å². The van der Waals surface area contributed by atoms with Gasteiger partial charge in [-0.3, -0.25) is 0 Å². The molecule has 0 aliphatic rings. The number of nitrogens with zero attached hydrogens (tertiary/aromatic N) is 2. The second kappa shape index (κ2) is 5.22. The second-order valence-electron chi connectivity index (χ2n) is 4.32. The molecule has 3 N–H and O–H groups in total. The number of nitrogens with one attached hydrogen (secondary N) is 1. The number of aromatic amines is 1. The Hall–Kier alpha value is -2.93. The van der Waals surface area contributed by atoms with E-state index < -0.39 is 5.97 Å². The standard InChI is InChI=1S/C14H11N3O4/c18-6-8-3-13(17-7-16-8)21-9-1-2-12-10(4-9)11(5-15-12)14(19)20/h1-5,7,15,18H,6H2,(H,19,20). The molecule has 0 aliphatic heterocycles. The Morgan fingerprint density at radius 1 is 1.29 bits per heavy atom. The van der Waals surface area contributed by atoms with Crippen molar-refractivity contribution in [3.8, 4) is 11.6 Å². The number of aromatic nitrogens is 3. The van der Waals surface area contributed by atoms with Crippen molar-refractivity contribution in [2.75, 3.05) is 0 Å². The number of aliphatic hydroxyl groups is 1. The summed E-state index contributed by atoms with van der Waals surface area (Å²) in [5.41, 5.74) is 1.32. The van der Waals surface area contributed by atoms with E-state index in [-0.39, 0.29) is 18.1 Å². The van der Waals surface area contributed by atoms with Gasteiger partial charge in [0.05, 0.1) is 17.9 Å². The average Bonchev–Trinajstić information content (AvgIpc) is 2.91. The van der Waals surface area contributed by atoms with Gasteiger partial charge in [-0.2, -0.15) is 0 Å². The van der Waals surface area contributed by atoms with Crippen molar-refractivity contribution in [1.29, 1.82) is 0 Å². The van der Waals surface area contributed by atoms with Crippen molar-refractivity contribution < 1.29 is 19.7 Å². The number of H-pyrrole nitrogens is 1. The molecule has 3 rings (SSSR count). The molecule has 1 aromatic carbocycles. The summed E-state index contributed by atoms with van der Waals surface area (Å²) in [5.74, 6) is -0.281. The highest BCUT2D eigenvalue weighted by atomic mass is 16.5. The van der Waals surface area contributed by atoms with Crippen LogP contribution in [-0.2, 0) is 6.61 Å². The van der Waals surface area contributed by atoms with Crippen LogP contribution in [0, 0.1) is 0 Å². The third-order valence-electron chi connectivity index (χ3n) is 2.97. The summed E-state index contributed by atoms with van der Waals surface area (Å²) >= 11 is 0. The molecule has 21 heavy (non-hydrogen) atoms. The van der Waals surface area contributed by atoms with E-state index in [2.05, 4.69) is 15.0 Å². The normalized spacial score (nSPS) is 10.7. The predicted octanol–water partition coefficient (Wildman–Crippen LogP) is 1.94. The molecule has 0 unspecified atom stereocenters. The van der Waals surface area contributed by atoms with E-state index in [4.69, 9.17) is 14.9 Å². The first-order chi connectivity index (χ1) is 10.2. The van der Waals surface area contributed by atoms with Crippen LogP contribution in [0.25, 0.3) is 10.9 Å². The van der Waals surface area contributed by atoms with Crippen LogP contribution >= 0.6 is 0 Å². The zero-order valence-electron chi connectivity index (χ0n) is 10.8. The predicted molar refractivity (Wildman–Crippen MR) is 73.3 cm³/mol. The smallest absolute Gasteiger partial charge is 0.337 e. The van der Waals surface area contributed by atoms with E-state index in [9.17, 15) is 4.79 Å². The molecule has 2 heterocycles. The summed E-state index contributed by atoms with van der Waals surface area (Å²) in [4.78, 5) is 21.8. The number of aliphatic hydroxyl groups excluding tert-OH is 1. The molecule has 0 amide bonds. The molecule has 106 valence electrons. The van der Waals surface area contributed by atoms with Crippen molar-refractivity contribution in [2.45, 2.75) is 6.61 Å². The second-order valence-corrected chi connectivity index (χ2v) is 4.32. The summed E-state index contributed by atoms with van der Waals surface area (Å²) in [6.07, 6.45) is 2.73. The minimum atomic E-state index is -1.01. The molecule has 0 saturated heterocycles. The largest absolute Gasteiger partial charge is 0.478 e. The number of carboxylic acids is 1. The molecular formula is C14H11N3O4. The summed E-state index contributed by atoms with van der Waals surface area (Å²) in [7, 11) is 0. The Morgan fingerprint density at radius 2 is 2.14 bits per heavy atom. The van der Waals surface area contributed by atoms with Gasteiger partial charge in [0.2, 0.25) is 5.88 Å². The first kappa shape index (κ1) is 13.1. The first-order valence-corrected chi connectivity index (χ1v) is 6.11. The molecule has 3 aromatic rings. The molecule has 7 nitrogen and oxygen atoms in total. The number of carbonyl (C=O) groups is 1. The molecular weight excluding hydrogens is 274 g/mol. The van der Waals surface area contributed by atoms with Gasteiger partial charge >= 0.3 is 5.97 Å². The zero-order chi connectivity index (χ0) is 14.8. The number of aromatic carboxylic acids is 1. The van der Waals surface area contributed by atoms with Crippen molar-refractivity contribution in [1.82, 2.24) is 15.0 Å². The number of fused-ring (bicyclic) bond motifs is 1. The maximum atomic E-state index is 11.1. The fourth-order valence-electron chi connectivity index (χ4n) is 1.98. The molecule has 0 saturated carbocycles. The third-order valence-corrected chi connectivity index (χ3v) is 2.97. The summed E-state index contributed by atoms with van der Waals surface area (Å²) in [5, 5.41) is 18.7. The van der Waals surface area contributed by atoms with Gasteiger partial charge in [0, 0.05) is 23.2 Å². The van der Waals surface area contributed by atoms with E-state index in [0.29, 0.717) is 22.3 Å². The van der Waals surface area contributed by atoms with E-state index in [0.717, 1.165) is 0 Å². The van der Waals surface area contributed by atoms with E-state index in [1.807, 2.05) is 0 Å². The molecule has 0 atom stereocenters. The van der Waals surface area contributed by atoms with Gasteiger partial charge in [-0.05, 0) is 18.2 Å². The van der Waals surface area contributed by atoms with Crippen LogP contribution in [0.5, 0.6) is 11.6 Å². The Kier molecular flexibility index (Phi) is 3.25. The van der Waals surface area contributed by atoms with Crippen LogP contribution in [0.3, 0.4) is 0 Å². The van der Waals surface area contributed by atoms with Gasteiger partial charge < -0.3 is 19.9 Å². The molecule has 0 radical (unpaired) electrons. The number of hydrogen-bond donors (Lipinski definition) is 3. The number of rotatable bonds is 4. The Bertz CT molecular complexity index is 813. The van der Waals surface area contributed by atoms with E-state index in [1.54, 1.807) is 18.2 Å². The average molecular weight is 285 g/mol. The van der Waals surface area contributed by atoms with Crippen LogP contribution in [0.2, 0.25) is 0 Å². The van der Waals surface area contributed by atoms with Crippen LogP contribution < -0.4 is 4.74 Å². The van der Waals surface area contributed by atoms with Gasteiger partial charge in [0.15, 0.2) is 0 Å². The van der Waals surface area contributed by atoms with Gasteiger partial charge in [0.1, 0.15) is 12.1 Å².